The molecule has 1 aliphatic rings. The lowest BCUT2D eigenvalue weighted by Gasteiger charge is -2.24. The van der Waals surface area contributed by atoms with E-state index in [-0.39, 0.29) is 18.1 Å². The minimum atomic E-state index is -0.754. The topological polar surface area (TPSA) is 67.4 Å². The third-order valence-electron chi connectivity index (χ3n) is 3.23. The highest BCUT2D eigenvalue weighted by Crippen LogP contribution is 2.29. The average Bonchev–Trinajstić information content (AvgIpc) is 2.50. The lowest BCUT2D eigenvalue weighted by molar-refractivity contribution is -0.137. The van der Waals surface area contributed by atoms with Gasteiger partial charge in [-0.1, -0.05) is 12.1 Å². The van der Waals surface area contributed by atoms with E-state index in [9.17, 15) is 14.0 Å². The van der Waals surface area contributed by atoms with Crippen molar-refractivity contribution in [3.63, 3.8) is 0 Å². The molecule has 22 heavy (non-hydrogen) atoms. The Labute approximate surface area is 126 Å². The zero-order chi connectivity index (χ0) is 15.5. The summed E-state index contributed by atoms with van der Waals surface area (Å²) in [5, 5.41) is 5.58. The lowest BCUT2D eigenvalue weighted by atomic mass is 10.1. The van der Waals surface area contributed by atoms with Crippen LogP contribution >= 0.6 is 0 Å². The Morgan fingerprint density at radius 2 is 1.91 bits per heavy atom. The first kappa shape index (κ1) is 14.1. The van der Waals surface area contributed by atoms with Gasteiger partial charge in [-0.3, -0.25) is 4.79 Å². The van der Waals surface area contributed by atoms with E-state index in [1.807, 2.05) is 0 Å². The van der Waals surface area contributed by atoms with Crippen molar-refractivity contribution in [2.24, 2.45) is 0 Å². The van der Waals surface area contributed by atoms with Gasteiger partial charge in [0.05, 0.1) is 12.1 Å². The van der Waals surface area contributed by atoms with E-state index >= 15 is 0 Å². The van der Waals surface area contributed by atoms with Crippen LogP contribution < -0.4 is 15.4 Å². The van der Waals surface area contributed by atoms with Crippen LogP contribution in [-0.2, 0) is 9.59 Å². The van der Waals surface area contributed by atoms with Crippen molar-refractivity contribution in [1.29, 1.82) is 0 Å². The number of esters is 1. The number of carbonyl (C=O) groups is 2. The highest BCUT2D eigenvalue weighted by molar-refractivity contribution is 5.97. The van der Waals surface area contributed by atoms with Crippen molar-refractivity contribution < 1.29 is 18.7 Å². The lowest BCUT2D eigenvalue weighted by Crippen LogP contribution is -2.39. The summed E-state index contributed by atoms with van der Waals surface area (Å²) in [5.41, 5.74) is 1.14. The highest BCUT2D eigenvalue weighted by atomic mass is 19.1. The summed E-state index contributed by atoms with van der Waals surface area (Å²) in [6.07, 6.45) is -0.0788. The molecule has 0 spiro atoms. The van der Waals surface area contributed by atoms with Crippen molar-refractivity contribution in [2.45, 2.75) is 12.5 Å². The molecule has 1 atom stereocenters. The number of amides is 1. The molecule has 3 rings (SSSR count). The van der Waals surface area contributed by atoms with Crippen LogP contribution in [-0.4, -0.2) is 17.9 Å². The van der Waals surface area contributed by atoms with E-state index in [0.717, 1.165) is 0 Å². The zero-order valence-corrected chi connectivity index (χ0v) is 11.5. The summed E-state index contributed by atoms with van der Waals surface area (Å²) in [4.78, 5) is 23.8. The number of hydrogen-bond donors (Lipinski definition) is 2. The molecule has 2 N–H and O–H groups in total. The number of carbonyl (C=O) groups excluding carboxylic acids is 2. The van der Waals surface area contributed by atoms with Crippen molar-refractivity contribution >= 4 is 23.3 Å². The summed E-state index contributed by atoms with van der Waals surface area (Å²) in [7, 11) is 0. The molecule has 0 bridgehead atoms. The van der Waals surface area contributed by atoms with Crippen molar-refractivity contribution in [2.75, 3.05) is 10.6 Å². The van der Waals surface area contributed by atoms with Gasteiger partial charge in [-0.05, 0) is 36.4 Å². The Bertz CT molecular complexity index is 716. The fourth-order valence-corrected chi connectivity index (χ4v) is 2.17. The van der Waals surface area contributed by atoms with Crippen LogP contribution in [0.4, 0.5) is 15.8 Å². The molecule has 0 fully saturated rings. The van der Waals surface area contributed by atoms with Crippen molar-refractivity contribution in [3.8, 4) is 5.75 Å². The molecule has 1 amide bonds. The molecule has 0 aliphatic carbocycles. The van der Waals surface area contributed by atoms with Crippen LogP contribution in [0.15, 0.2) is 48.5 Å². The molecule has 0 saturated carbocycles. The molecule has 0 aromatic heterocycles. The summed E-state index contributed by atoms with van der Waals surface area (Å²) < 4.78 is 18.0. The van der Waals surface area contributed by atoms with Gasteiger partial charge in [0.25, 0.3) is 0 Å². The Hall–Kier alpha value is -2.89. The van der Waals surface area contributed by atoms with E-state index in [0.29, 0.717) is 17.1 Å². The second-order valence-corrected chi connectivity index (χ2v) is 4.87. The largest absolute Gasteiger partial charge is 0.423 e. The van der Waals surface area contributed by atoms with E-state index in [2.05, 4.69) is 10.6 Å². The fraction of sp³-hybridized carbons (Fsp3) is 0.125. The molecule has 112 valence electrons. The van der Waals surface area contributed by atoms with Gasteiger partial charge in [-0.15, -0.1) is 0 Å². The standard InChI is InChI=1S/C16H13FN2O3/c17-10-5-7-11(8-6-10)18-15(20)9-13-16(21)22-14-4-2-1-3-12(14)19-13/h1-8,13,19H,9H2,(H,18,20)/t13-/m0/s1. The molecule has 2 aromatic carbocycles. The van der Waals surface area contributed by atoms with Gasteiger partial charge < -0.3 is 15.4 Å². The number of fused-ring (bicyclic) bond motifs is 1. The van der Waals surface area contributed by atoms with Crippen LogP contribution in [0.25, 0.3) is 0 Å². The number of ether oxygens (including phenoxy) is 1. The number of rotatable bonds is 3. The first-order valence-electron chi connectivity index (χ1n) is 6.74. The molecule has 0 saturated heterocycles. The maximum Gasteiger partial charge on any atom is 0.334 e. The summed E-state index contributed by atoms with van der Waals surface area (Å²) >= 11 is 0. The normalized spacial score (nSPS) is 16.2. The number of nitrogens with one attached hydrogen (secondary N) is 2. The van der Waals surface area contributed by atoms with E-state index in [4.69, 9.17) is 4.74 Å². The van der Waals surface area contributed by atoms with Gasteiger partial charge >= 0.3 is 5.97 Å². The maximum atomic E-state index is 12.8. The number of anilines is 2. The predicted molar refractivity (Wildman–Crippen MR) is 79.1 cm³/mol. The van der Waals surface area contributed by atoms with Crippen LogP contribution in [0.3, 0.4) is 0 Å². The van der Waals surface area contributed by atoms with Gasteiger partial charge in [0.2, 0.25) is 5.91 Å². The number of halogens is 1. The smallest absolute Gasteiger partial charge is 0.334 e. The zero-order valence-electron chi connectivity index (χ0n) is 11.5. The van der Waals surface area contributed by atoms with Gasteiger partial charge in [0.1, 0.15) is 11.9 Å². The Balaban J connectivity index is 1.64. The van der Waals surface area contributed by atoms with Gasteiger partial charge in [-0.25, -0.2) is 9.18 Å². The molecule has 0 radical (unpaired) electrons. The minimum absolute atomic E-state index is 0.0788. The van der Waals surface area contributed by atoms with Crippen LogP contribution in [0, 0.1) is 5.82 Å². The fourth-order valence-electron chi connectivity index (χ4n) is 2.17. The van der Waals surface area contributed by atoms with Crippen molar-refractivity contribution in [3.05, 3.63) is 54.3 Å². The average molecular weight is 300 g/mol. The Morgan fingerprint density at radius 3 is 2.68 bits per heavy atom. The molecule has 2 aromatic rings. The predicted octanol–water partition coefficient (Wildman–Crippen LogP) is 2.55. The van der Waals surface area contributed by atoms with E-state index in [1.54, 1.807) is 24.3 Å². The highest BCUT2D eigenvalue weighted by Gasteiger charge is 2.29. The summed E-state index contributed by atoms with van der Waals surface area (Å²) in [6.45, 7) is 0. The maximum absolute atomic E-state index is 12.8. The second-order valence-electron chi connectivity index (χ2n) is 4.87. The van der Waals surface area contributed by atoms with Crippen LogP contribution in [0.2, 0.25) is 0 Å². The number of hydrogen-bond acceptors (Lipinski definition) is 4. The number of para-hydroxylation sites is 2. The van der Waals surface area contributed by atoms with E-state index in [1.165, 1.54) is 24.3 Å². The van der Waals surface area contributed by atoms with Gasteiger partial charge in [0.15, 0.2) is 5.75 Å². The first-order chi connectivity index (χ1) is 10.6. The molecule has 6 heteroatoms. The minimum Gasteiger partial charge on any atom is -0.423 e. The summed E-state index contributed by atoms with van der Waals surface area (Å²) in [6, 6.07) is 11.7. The SMILES string of the molecule is O=C(C[C@@H]1Nc2ccccc2OC1=O)Nc1ccc(F)cc1. The molecular weight excluding hydrogens is 287 g/mol. The van der Waals surface area contributed by atoms with Crippen LogP contribution in [0.1, 0.15) is 6.42 Å². The number of benzene rings is 2. The third kappa shape index (κ3) is 3.06. The van der Waals surface area contributed by atoms with Crippen LogP contribution in [0.5, 0.6) is 5.75 Å². The monoisotopic (exact) mass is 300 g/mol. The van der Waals surface area contributed by atoms with Gasteiger partial charge in [-0.2, -0.15) is 0 Å². The Morgan fingerprint density at radius 1 is 1.18 bits per heavy atom. The molecule has 1 aliphatic heterocycles. The molecule has 0 unspecified atom stereocenters. The van der Waals surface area contributed by atoms with Crippen molar-refractivity contribution in [1.82, 2.24) is 0 Å². The second kappa shape index (κ2) is 5.85. The molecule has 5 nitrogen and oxygen atoms in total. The quantitative estimate of drug-likeness (QED) is 0.675. The summed E-state index contributed by atoms with van der Waals surface area (Å²) in [5.74, 6) is -0.803. The first-order valence-corrected chi connectivity index (χ1v) is 6.74. The van der Waals surface area contributed by atoms with E-state index < -0.39 is 12.0 Å². The Kier molecular flexibility index (Phi) is 3.74. The van der Waals surface area contributed by atoms with Gasteiger partial charge in [0, 0.05) is 5.69 Å². The molecular formula is C16H13FN2O3. The third-order valence-corrected chi connectivity index (χ3v) is 3.23. The molecule has 1 heterocycles.